The first-order chi connectivity index (χ1) is 14.4. The second kappa shape index (κ2) is 23.5. The third kappa shape index (κ3) is 20.7. The molecule has 31 heavy (non-hydrogen) atoms. The van der Waals surface area contributed by atoms with Crippen molar-refractivity contribution < 1.29 is 61.2 Å². The summed E-state index contributed by atoms with van der Waals surface area (Å²) in [5.41, 5.74) is 4.53. The predicted molar refractivity (Wildman–Crippen MR) is 131 cm³/mol. The minimum absolute atomic E-state index is 0. The molecule has 1 rings (SSSR count). The molecule has 0 saturated carbocycles. The van der Waals surface area contributed by atoms with Crippen LogP contribution in [-0.2, 0) is 4.74 Å². The number of ether oxygens (including phenoxy) is 1. The Morgan fingerprint density at radius 1 is 1.10 bits per heavy atom. The fourth-order valence-electron chi connectivity index (χ4n) is 3.48. The molecule has 0 radical (unpaired) electrons. The van der Waals surface area contributed by atoms with Crippen molar-refractivity contribution in [3.8, 4) is 0 Å². The molecule has 0 heterocycles. The maximum absolute atomic E-state index is 10.4. The average molecular weight is 457 g/mol. The Kier molecular flexibility index (Phi) is 25.4. The maximum Gasteiger partial charge on any atom is 1.00 e. The Morgan fingerprint density at radius 3 is 2.35 bits per heavy atom. The number of unbranched alkanes of at least 4 members (excludes halogenated alkanes) is 3. The van der Waals surface area contributed by atoms with Crippen molar-refractivity contribution in [3.63, 3.8) is 0 Å². The molecule has 174 valence electrons. The molecule has 1 aliphatic carbocycles. The number of allylic oxidation sites excluding steroid dienone is 7. The fourth-order valence-corrected chi connectivity index (χ4v) is 3.48. The van der Waals surface area contributed by atoms with Gasteiger partial charge in [-0.3, -0.25) is 0 Å². The molecule has 3 heteroatoms. The van der Waals surface area contributed by atoms with Crippen LogP contribution in [0.3, 0.4) is 0 Å². The van der Waals surface area contributed by atoms with Crippen molar-refractivity contribution in [1.29, 1.82) is 0 Å². The maximum atomic E-state index is 10.4. The molecule has 0 fully saturated rings. The third-order valence-electron chi connectivity index (χ3n) is 5.34. The molecule has 0 aromatic heterocycles. The Bertz CT molecular complexity index is 527. The zero-order valence-corrected chi connectivity index (χ0v) is 24.9. The van der Waals surface area contributed by atoms with E-state index in [9.17, 15) is 5.11 Å². The first-order valence-electron chi connectivity index (χ1n) is 12.3. The Balaban J connectivity index is 0. The summed E-state index contributed by atoms with van der Waals surface area (Å²) in [7, 11) is 0. The molecule has 1 atom stereocenters. The van der Waals surface area contributed by atoms with Gasteiger partial charge in [0.2, 0.25) is 0 Å². The van der Waals surface area contributed by atoms with Gasteiger partial charge in [0.25, 0.3) is 0 Å². The van der Waals surface area contributed by atoms with Crippen LogP contribution in [0, 0.1) is 5.92 Å². The zero-order chi connectivity index (χ0) is 22.6. The van der Waals surface area contributed by atoms with Gasteiger partial charge in [0.05, 0.1) is 12.4 Å². The van der Waals surface area contributed by atoms with Crippen molar-refractivity contribution in [2.45, 2.75) is 112 Å². The number of hydrogen-bond donors (Lipinski definition) is 0. The number of rotatable bonds is 14. The first-order valence-corrected chi connectivity index (χ1v) is 12.3. The Morgan fingerprint density at radius 2 is 1.77 bits per heavy atom. The monoisotopic (exact) mass is 456 g/mol. The van der Waals surface area contributed by atoms with Crippen molar-refractivity contribution in [2.24, 2.45) is 5.92 Å². The number of hydrogen-bond acceptors (Lipinski definition) is 2. The minimum atomic E-state index is 0. The van der Waals surface area contributed by atoms with Gasteiger partial charge in [-0.15, -0.1) is 6.61 Å². The van der Waals surface area contributed by atoms with E-state index in [2.05, 4.69) is 59.4 Å². The summed E-state index contributed by atoms with van der Waals surface area (Å²) in [5.74, 6) is 1.45. The molecular weight excluding hydrogens is 407 g/mol. The van der Waals surface area contributed by atoms with Crippen molar-refractivity contribution in [2.75, 3.05) is 13.2 Å². The Labute approximate surface area is 237 Å². The summed E-state index contributed by atoms with van der Waals surface area (Å²) in [6.45, 7) is 15.8. The first kappa shape index (κ1) is 33.5. The van der Waals surface area contributed by atoms with Crippen LogP contribution in [0.4, 0.5) is 0 Å². The second-order valence-electron chi connectivity index (χ2n) is 8.88. The van der Waals surface area contributed by atoms with E-state index in [1.54, 1.807) is 5.57 Å². The molecule has 1 aliphatic rings. The average Bonchev–Trinajstić information content (AvgIpc) is 2.71. The summed E-state index contributed by atoms with van der Waals surface area (Å²) >= 11 is 0. The van der Waals surface area contributed by atoms with Crippen molar-refractivity contribution >= 4 is 0 Å². The van der Waals surface area contributed by atoms with Crippen LogP contribution < -0.4 is 56.5 Å². The van der Waals surface area contributed by atoms with Crippen LogP contribution in [-0.4, -0.2) is 13.2 Å². The molecule has 0 aromatic rings. The minimum Gasteiger partial charge on any atom is -0.854 e. The topological polar surface area (TPSA) is 32.3 Å². The normalized spacial score (nSPS) is 15.7. The summed E-state index contributed by atoms with van der Waals surface area (Å²) in [6.07, 6.45) is 20.5. The van der Waals surface area contributed by atoms with Crippen LogP contribution >= 0.6 is 0 Å². The standard InChI is InChI=1S/C25H41O2.C3H8.K/c1-21(2)11-9-12-22(3)13-10-14-24-15-17-25(18-16-24)23(4)27-20-8-6-5-7-19-26;1-3-2;/h11,13,15,25H,4-10,12,14,16-20H2,1-3H3;3H2,1-2H3;/q-1;;+1/b22-13+;;. The smallest absolute Gasteiger partial charge is 0.854 e. The fraction of sp³-hybridized carbons (Fsp3) is 0.714. The molecule has 0 bridgehead atoms. The predicted octanol–water partition coefficient (Wildman–Crippen LogP) is 5.06. The van der Waals surface area contributed by atoms with Gasteiger partial charge < -0.3 is 9.84 Å². The molecular formula is C28H49KO2. The Hall–Kier alpha value is 0.356. The van der Waals surface area contributed by atoms with E-state index < -0.39 is 0 Å². The zero-order valence-electron chi connectivity index (χ0n) is 21.7. The molecule has 0 N–H and O–H groups in total. The molecule has 0 saturated heterocycles. The quantitative estimate of drug-likeness (QED) is 0.158. The third-order valence-corrected chi connectivity index (χ3v) is 5.34. The van der Waals surface area contributed by atoms with Gasteiger partial charge in [-0.2, -0.15) is 0 Å². The van der Waals surface area contributed by atoms with Crippen molar-refractivity contribution in [1.82, 2.24) is 0 Å². The van der Waals surface area contributed by atoms with Gasteiger partial charge in [-0.1, -0.05) is 81.1 Å². The second-order valence-corrected chi connectivity index (χ2v) is 8.88. The van der Waals surface area contributed by atoms with E-state index >= 15 is 0 Å². The van der Waals surface area contributed by atoms with E-state index in [1.807, 2.05) is 0 Å². The van der Waals surface area contributed by atoms with E-state index in [0.29, 0.717) is 5.92 Å². The largest absolute Gasteiger partial charge is 1.00 e. The molecule has 0 spiro atoms. The van der Waals surface area contributed by atoms with Crippen molar-refractivity contribution in [3.05, 3.63) is 47.3 Å². The van der Waals surface area contributed by atoms with E-state index in [0.717, 1.165) is 57.3 Å². The van der Waals surface area contributed by atoms with Gasteiger partial charge >= 0.3 is 51.4 Å². The molecule has 0 aromatic carbocycles. The SMILES string of the molecule is C=C(OCCCCCC[O-])C1CC=C(CC/C=C(\C)CCC=C(C)C)CC1.CCC.[K+]. The van der Waals surface area contributed by atoms with Crippen LogP contribution in [0.25, 0.3) is 0 Å². The van der Waals surface area contributed by atoms with Crippen LogP contribution in [0.15, 0.2) is 47.3 Å². The van der Waals surface area contributed by atoms with Gasteiger partial charge in [0, 0.05) is 5.92 Å². The molecule has 2 nitrogen and oxygen atoms in total. The van der Waals surface area contributed by atoms with Crippen LogP contribution in [0.2, 0.25) is 0 Å². The summed E-state index contributed by atoms with van der Waals surface area (Å²) < 4.78 is 5.85. The summed E-state index contributed by atoms with van der Waals surface area (Å²) in [5, 5.41) is 10.4. The molecule has 0 amide bonds. The van der Waals surface area contributed by atoms with Gasteiger partial charge in [0.1, 0.15) is 0 Å². The van der Waals surface area contributed by atoms with Crippen LogP contribution in [0.1, 0.15) is 112 Å². The van der Waals surface area contributed by atoms with Crippen LogP contribution in [0.5, 0.6) is 0 Å². The van der Waals surface area contributed by atoms with Gasteiger partial charge in [-0.25, -0.2) is 0 Å². The van der Waals surface area contributed by atoms with E-state index in [-0.39, 0.29) is 58.0 Å². The van der Waals surface area contributed by atoms with E-state index in [1.165, 1.54) is 43.3 Å². The summed E-state index contributed by atoms with van der Waals surface area (Å²) in [4.78, 5) is 0. The molecule has 1 unspecified atom stereocenters. The molecule has 0 aliphatic heterocycles. The summed E-state index contributed by atoms with van der Waals surface area (Å²) in [6, 6.07) is 0. The van der Waals surface area contributed by atoms with E-state index in [4.69, 9.17) is 4.74 Å². The van der Waals surface area contributed by atoms with Gasteiger partial charge in [-0.05, 0) is 72.1 Å². The van der Waals surface area contributed by atoms with Gasteiger partial charge in [0.15, 0.2) is 0 Å².